The normalized spacial score (nSPS) is 17.6. The van der Waals surface area contributed by atoms with Crippen LogP contribution in [0.5, 0.6) is 11.5 Å². The van der Waals surface area contributed by atoms with Gasteiger partial charge in [-0.05, 0) is 74.5 Å². The van der Waals surface area contributed by atoms with E-state index in [0.717, 1.165) is 0 Å². The quantitative estimate of drug-likeness (QED) is 0.347. The molecule has 32 heavy (non-hydrogen) atoms. The molecule has 0 bridgehead atoms. The molecule has 1 amide bonds. The molecule has 0 radical (unpaired) electrons. The highest BCUT2D eigenvalue weighted by Crippen LogP contribution is 2.43. The van der Waals surface area contributed by atoms with Gasteiger partial charge in [0.2, 0.25) is 0 Å². The molecule has 0 saturated carbocycles. The van der Waals surface area contributed by atoms with Gasteiger partial charge in [-0.1, -0.05) is 0 Å². The van der Waals surface area contributed by atoms with E-state index in [1.807, 2.05) is 6.92 Å². The first-order chi connectivity index (χ1) is 15.4. The van der Waals surface area contributed by atoms with Crippen molar-refractivity contribution in [2.75, 3.05) is 18.6 Å². The maximum atomic E-state index is 13.1. The first-order valence-corrected chi connectivity index (χ1v) is 10.2. The Labute approximate surface area is 185 Å². The van der Waals surface area contributed by atoms with Gasteiger partial charge in [-0.3, -0.25) is 14.5 Å². The average Bonchev–Trinajstić information content (AvgIpc) is 3.35. The van der Waals surface area contributed by atoms with E-state index in [4.69, 9.17) is 13.9 Å². The number of Topliss-reactive ketones (excluding diaryl/α,β-unsaturated/α-hetero) is 1. The van der Waals surface area contributed by atoms with E-state index in [9.17, 15) is 14.7 Å². The summed E-state index contributed by atoms with van der Waals surface area (Å²) in [5.41, 5.74) is 0.843. The lowest BCUT2D eigenvalue weighted by Crippen LogP contribution is -2.29. The molecule has 4 rings (SSSR count). The van der Waals surface area contributed by atoms with Crippen molar-refractivity contribution >= 4 is 23.1 Å². The molecule has 1 aliphatic heterocycles. The van der Waals surface area contributed by atoms with Crippen LogP contribution in [-0.2, 0) is 9.59 Å². The number of aliphatic hydroxyl groups is 1. The first kappa shape index (κ1) is 21.2. The Bertz CT molecular complexity index is 1170. The van der Waals surface area contributed by atoms with Crippen molar-refractivity contribution in [3.63, 3.8) is 0 Å². The summed E-state index contributed by atoms with van der Waals surface area (Å²) >= 11 is 0. The van der Waals surface area contributed by atoms with Crippen LogP contribution >= 0.6 is 0 Å². The van der Waals surface area contributed by atoms with Crippen molar-refractivity contribution in [1.82, 2.24) is 0 Å². The molecule has 7 nitrogen and oxygen atoms in total. The third-order valence-electron chi connectivity index (χ3n) is 5.26. The van der Waals surface area contributed by atoms with Crippen molar-refractivity contribution in [2.45, 2.75) is 19.9 Å². The second-order valence-corrected chi connectivity index (χ2v) is 7.27. The van der Waals surface area contributed by atoms with Crippen molar-refractivity contribution < 1.29 is 28.6 Å². The highest BCUT2D eigenvalue weighted by atomic mass is 16.5. The predicted molar refractivity (Wildman–Crippen MR) is 119 cm³/mol. The number of nitrogens with zero attached hydrogens (tertiary/aromatic N) is 1. The van der Waals surface area contributed by atoms with Crippen LogP contribution in [0.4, 0.5) is 5.69 Å². The van der Waals surface area contributed by atoms with Crippen molar-refractivity contribution in [3.05, 3.63) is 83.3 Å². The van der Waals surface area contributed by atoms with Crippen LogP contribution in [0.25, 0.3) is 5.76 Å². The topological polar surface area (TPSA) is 89.2 Å². The molecule has 2 aromatic carbocycles. The summed E-state index contributed by atoms with van der Waals surface area (Å²) in [5.74, 6) is 0.450. The third kappa shape index (κ3) is 3.73. The number of furan rings is 1. The molecule has 1 fully saturated rings. The molecular formula is C25H23NO6. The zero-order valence-corrected chi connectivity index (χ0v) is 18.0. The van der Waals surface area contributed by atoms with Crippen LogP contribution < -0.4 is 14.4 Å². The van der Waals surface area contributed by atoms with E-state index in [-0.39, 0.29) is 11.3 Å². The molecule has 1 atom stereocenters. The summed E-state index contributed by atoms with van der Waals surface area (Å²) in [4.78, 5) is 27.5. The van der Waals surface area contributed by atoms with Crippen molar-refractivity contribution in [2.24, 2.45) is 0 Å². The Morgan fingerprint density at radius 3 is 2.22 bits per heavy atom. The summed E-state index contributed by atoms with van der Waals surface area (Å²) in [6, 6.07) is 16.0. The third-order valence-corrected chi connectivity index (χ3v) is 5.26. The number of rotatable bonds is 6. The van der Waals surface area contributed by atoms with Gasteiger partial charge in [0.05, 0.1) is 19.3 Å². The lowest BCUT2D eigenvalue weighted by molar-refractivity contribution is -0.132. The van der Waals surface area contributed by atoms with E-state index < -0.39 is 17.7 Å². The zero-order valence-electron chi connectivity index (χ0n) is 18.0. The monoisotopic (exact) mass is 433 g/mol. The second-order valence-electron chi connectivity index (χ2n) is 7.27. The largest absolute Gasteiger partial charge is 0.507 e. The number of ketones is 1. The minimum absolute atomic E-state index is 0.0385. The SMILES string of the molecule is CCOc1ccc(N2C(=O)C(=O)/C(=C(\O)c3ccc(OC)cc3)C2c2ccc(C)o2)cc1. The second kappa shape index (κ2) is 8.63. The number of amides is 1. The van der Waals surface area contributed by atoms with E-state index in [2.05, 4.69) is 0 Å². The Balaban J connectivity index is 1.85. The average molecular weight is 433 g/mol. The molecule has 1 N–H and O–H groups in total. The van der Waals surface area contributed by atoms with Crippen LogP contribution in [0.15, 0.2) is 70.7 Å². The molecule has 164 valence electrons. The molecular weight excluding hydrogens is 410 g/mol. The molecule has 7 heteroatoms. The van der Waals surface area contributed by atoms with Crippen LogP contribution in [0.2, 0.25) is 0 Å². The Morgan fingerprint density at radius 2 is 1.66 bits per heavy atom. The summed E-state index contributed by atoms with van der Waals surface area (Å²) in [6.07, 6.45) is 0. The van der Waals surface area contributed by atoms with Crippen LogP contribution in [0.1, 0.15) is 30.0 Å². The molecule has 1 unspecified atom stereocenters. The lowest BCUT2D eigenvalue weighted by atomic mass is 9.99. The highest BCUT2D eigenvalue weighted by Gasteiger charge is 2.48. The predicted octanol–water partition coefficient (Wildman–Crippen LogP) is 4.62. The fourth-order valence-corrected chi connectivity index (χ4v) is 3.74. The number of hydrogen-bond acceptors (Lipinski definition) is 6. The van der Waals surface area contributed by atoms with Gasteiger partial charge in [-0.25, -0.2) is 0 Å². The molecule has 0 spiro atoms. The zero-order chi connectivity index (χ0) is 22.8. The number of carbonyl (C=O) groups is 2. The molecule has 0 aliphatic carbocycles. The van der Waals surface area contributed by atoms with E-state index in [0.29, 0.717) is 40.9 Å². The summed E-state index contributed by atoms with van der Waals surface area (Å²) in [5, 5.41) is 11.1. The van der Waals surface area contributed by atoms with Gasteiger partial charge in [0, 0.05) is 11.3 Å². The summed E-state index contributed by atoms with van der Waals surface area (Å²) in [6.45, 7) is 4.16. The molecule has 1 aromatic heterocycles. The van der Waals surface area contributed by atoms with Gasteiger partial charge >= 0.3 is 0 Å². The van der Waals surface area contributed by atoms with Crippen LogP contribution in [0, 0.1) is 6.92 Å². The van der Waals surface area contributed by atoms with Crippen molar-refractivity contribution in [3.8, 4) is 11.5 Å². The Morgan fingerprint density at radius 1 is 1.00 bits per heavy atom. The molecule has 2 heterocycles. The van der Waals surface area contributed by atoms with Gasteiger partial charge in [0.15, 0.2) is 0 Å². The van der Waals surface area contributed by atoms with Crippen molar-refractivity contribution in [1.29, 1.82) is 0 Å². The van der Waals surface area contributed by atoms with Gasteiger partial charge in [0.1, 0.15) is 34.8 Å². The molecule has 1 aliphatic rings. The fraction of sp³-hybridized carbons (Fsp3) is 0.200. The van der Waals surface area contributed by atoms with Crippen LogP contribution in [-0.4, -0.2) is 30.5 Å². The highest BCUT2D eigenvalue weighted by molar-refractivity contribution is 6.51. The number of aliphatic hydroxyl groups excluding tert-OH is 1. The number of ether oxygens (including phenoxy) is 2. The van der Waals surface area contributed by atoms with E-state index in [1.54, 1.807) is 67.6 Å². The summed E-state index contributed by atoms with van der Waals surface area (Å²) < 4.78 is 16.4. The maximum Gasteiger partial charge on any atom is 0.300 e. The minimum atomic E-state index is -0.913. The lowest BCUT2D eigenvalue weighted by Gasteiger charge is -2.23. The van der Waals surface area contributed by atoms with Gasteiger partial charge < -0.3 is 19.0 Å². The standard InChI is InChI=1S/C25H23NO6/c1-4-31-19-12-8-17(9-13-19)26-22(20-14-5-15(2)32-20)21(24(28)25(26)29)23(27)16-6-10-18(30-3)11-7-16/h5-14,22,27H,4H2,1-3H3/b23-21-. The molecule has 3 aromatic rings. The minimum Gasteiger partial charge on any atom is -0.507 e. The summed E-state index contributed by atoms with van der Waals surface area (Å²) in [7, 11) is 1.54. The fourth-order valence-electron chi connectivity index (χ4n) is 3.74. The number of methoxy groups -OCH3 is 1. The molecule has 1 saturated heterocycles. The van der Waals surface area contributed by atoms with E-state index >= 15 is 0 Å². The van der Waals surface area contributed by atoms with Crippen LogP contribution in [0.3, 0.4) is 0 Å². The Hall–Kier alpha value is -4.00. The number of carbonyl (C=O) groups excluding carboxylic acids is 2. The van der Waals surface area contributed by atoms with Gasteiger partial charge in [0.25, 0.3) is 11.7 Å². The number of benzene rings is 2. The Kier molecular flexibility index (Phi) is 5.73. The first-order valence-electron chi connectivity index (χ1n) is 10.2. The number of anilines is 1. The van der Waals surface area contributed by atoms with Gasteiger partial charge in [-0.2, -0.15) is 0 Å². The smallest absolute Gasteiger partial charge is 0.300 e. The van der Waals surface area contributed by atoms with E-state index in [1.165, 1.54) is 12.0 Å². The van der Waals surface area contributed by atoms with Gasteiger partial charge in [-0.15, -0.1) is 0 Å². The number of hydrogen-bond donors (Lipinski definition) is 1. The maximum absolute atomic E-state index is 13.1. The number of aryl methyl sites for hydroxylation is 1.